The van der Waals surface area contributed by atoms with Crippen molar-refractivity contribution >= 4 is 0 Å². The number of ether oxygens (including phenoxy) is 2. The van der Waals surface area contributed by atoms with Crippen molar-refractivity contribution < 1.29 is 40.1 Å². The van der Waals surface area contributed by atoms with Gasteiger partial charge in [0, 0.05) is 68.0 Å². The molecule has 0 radical (unpaired) electrons. The van der Waals surface area contributed by atoms with Gasteiger partial charge in [-0.25, -0.2) is 0 Å². The van der Waals surface area contributed by atoms with Crippen molar-refractivity contribution in [2.24, 2.45) is 11.8 Å². The van der Waals surface area contributed by atoms with Crippen molar-refractivity contribution in [3.8, 4) is 23.0 Å². The molecule has 0 aromatic heterocycles. The van der Waals surface area contributed by atoms with E-state index >= 15 is 0 Å². The maximum absolute atomic E-state index is 12.7. The van der Waals surface area contributed by atoms with Crippen molar-refractivity contribution in [2.45, 2.75) is 142 Å². The van der Waals surface area contributed by atoms with Gasteiger partial charge in [0.15, 0.2) is 23.0 Å². The molecule has 4 aliphatic heterocycles. The molecule has 3 aromatic rings. The number of hydrogen-bond acceptors (Lipinski definition) is 12. The van der Waals surface area contributed by atoms with Crippen LogP contribution in [0.25, 0.3) is 0 Å². The maximum Gasteiger partial charge on any atom is 0.165 e. The van der Waals surface area contributed by atoms with Crippen LogP contribution in [0.3, 0.4) is 0 Å². The first-order chi connectivity index (χ1) is 30.6. The molecule has 63 heavy (non-hydrogen) atoms. The molecule has 2 saturated heterocycles. The fourth-order valence-electron chi connectivity index (χ4n) is 15.1. The summed E-state index contributed by atoms with van der Waals surface area (Å²) in [6, 6.07) is 18.4. The molecule has 12 heteroatoms. The van der Waals surface area contributed by atoms with E-state index in [9.17, 15) is 30.6 Å². The maximum atomic E-state index is 12.7. The van der Waals surface area contributed by atoms with E-state index < -0.39 is 22.0 Å². The molecule has 3 aromatic carbocycles. The van der Waals surface area contributed by atoms with Gasteiger partial charge in [0.05, 0.1) is 35.2 Å². The molecular formula is C51H66N4O8. The number of benzene rings is 3. The molecule has 2 spiro atoms. The molecule has 7 N–H and O–H groups in total. The van der Waals surface area contributed by atoms with Gasteiger partial charge in [0.1, 0.15) is 12.2 Å². The minimum atomic E-state index is -0.870. The van der Waals surface area contributed by atoms with Crippen LogP contribution >= 0.6 is 0 Å². The molecule has 4 heterocycles. The molecule has 4 saturated carbocycles. The predicted molar refractivity (Wildman–Crippen MR) is 236 cm³/mol. The zero-order valence-electron chi connectivity index (χ0n) is 36.5. The highest BCUT2D eigenvalue weighted by Gasteiger charge is 2.75. The Kier molecular flexibility index (Phi) is 9.79. The fourth-order valence-corrected chi connectivity index (χ4v) is 15.1. The number of nitrogens with one attached hydrogen (secondary N) is 1. The van der Waals surface area contributed by atoms with Crippen molar-refractivity contribution in [1.82, 2.24) is 20.0 Å². The third kappa shape index (κ3) is 5.94. The summed E-state index contributed by atoms with van der Waals surface area (Å²) in [6.45, 7) is 6.09. The zero-order valence-corrected chi connectivity index (χ0v) is 36.5. The number of aromatic hydroxyl groups is 2. The Morgan fingerprint density at radius 1 is 0.651 bits per heavy atom. The van der Waals surface area contributed by atoms with Crippen LogP contribution in [0.1, 0.15) is 92.0 Å². The van der Waals surface area contributed by atoms with Crippen LogP contribution in [0.4, 0.5) is 0 Å². The highest BCUT2D eigenvalue weighted by Crippen LogP contribution is 2.67. The lowest BCUT2D eigenvalue weighted by molar-refractivity contribution is -0.201. The van der Waals surface area contributed by atoms with E-state index in [2.05, 4.69) is 50.3 Å². The number of nitrogens with zero attached hydrogens (tertiary/aromatic N) is 3. The molecule has 6 fully saturated rings. The summed E-state index contributed by atoms with van der Waals surface area (Å²) < 4.78 is 13.2. The number of piperidine rings is 2. The van der Waals surface area contributed by atoms with E-state index in [1.807, 2.05) is 12.1 Å². The Morgan fingerprint density at radius 3 is 1.76 bits per heavy atom. The number of hydrogen-bond donors (Lipinski definition) is 7. The van der Waals surface area contributed by atoms with Crippen LogP contribution < -0.4 is 14.8 Å². The van der Waals surface area contributed by atoms with Crippen LogP contribution in [0, 0.1) is 11.8 Å². The van der Waals surface area contributed by atoms with Gasteiger partial charge in [-0.05, 0) is 131 Å². The van der Waals surface area contributed by atoms with Gasteiger partial charge in [-0.3, -0.25) is 14.7 Å². The number of aliphatic hydroxyl groups excluding tert-OH is 2. The second-order valence-electron chi connectivity index (χ2n) is 21.2. The smallest absolute Gasteiger partial charge is 0.165 e. The second kappa shape index (κ2) is 15.0. The van der Waals surface area contributed by atoms with Crippen LogP contribution in [0.5, 0.6) is 23.0 Å². The van der Waals surface area contributed by atoms with Gasteiger partial charge < -0.3 is 45.4 Å². The first-order valence-electron chi connectivity index (χ1n) is 24.3. The minimum Gasteiger partial charge on any atom is -0.504 e. The number of phenolic OH excluding ortho intramolecular Hbond substituents is 2. The minimum absolute atomic E-state index is 0.0519. The first-order valence-corrected chi connectivity index (χ1v) is 24.3. The van der Waals surface area contributed by atoms with E-state index in [1.54, 1.807) is 12.1 Å². The Balaban J connectivity index is 0.000000137. The van der Waals surface area contributed by atoms with E-state index in [4.69, 9.17) is 9.47 Å². The molecular weight excluding hydrogens is 797 g/mol. The van der Waals surface area contributed by atoms with Gasteiger partial charge in [-0.2, -0.15) is 0 Å². The van der Waals surface area contributed by atoms with Crippen LogP contribution in [-0.2, 0) is 30.2 Å². The quantitative estimate of drug-likeness (QED) is 0.142. The molecule has 0 amide bonds. The molecule has 10 aliphatic rings. The zero-order chi connectivity index (χ0) is 42.9. The Bertz CT molecular complexity index is 2240. The highest BCUT2D eigenvalue weighted by molar-refractivity contribution is 5.64. The summed E-state index contributed by atoms with van der Waals surface area (Å²) in [6.07, 6.45) is 11.2. The number of rotatable bonds is 12. The molecule has 12 nitrogen and oxygen atoms in total. The van der Waals surface area contributed by atoms with Crippen LogP contribution in [0.2, 0.25) is 0 Å². The van der Waals surface area contributed by atoms with Crippen molar-refractivity contribution in [2.75, 3.05) is 52.5 Å². The fraction of sp³-hybridized carbons (Fsp3) is 0.647. The standard InChI is InChI=1S/C29H36N2O4.C22H30N2O4/c32-15-14-30(17-19-4-2-1-3-5-19)22-10-11-29(34)24-16-21-8-9-23(33)26-25(21)28(29,27(22)35-26)12-13-31(24)18-20-6-7-20;25-10-8-23-15-5-6-22(27)17-11-14-3-4-16(26)19-18(14)21(22,20(15)28-19)7-9-24(17)12-13-1-2-13/h1-5,8-9,20,22,24,27,32-34H,6-7,10-18H2;3-4,13,15,17,20,23,25-27H,1-2,5-12H2/t22-,24?,27+,28+,29-;15-,17?,20+,21+,22-/m00/s1. The number of aliphatic hydroxyl groups is 4. The number of phenols is 2. The van der Waals surface area contributed by atoms with Gasteiger partial charge in [-0.15, -0.1) is 0 Å². The molecule has 6 aliphatic carbocycles. The van der Waals surface area contributed by atoms with Crippen molar-refractivity contribution in [1.29, 1.82) is 0 Å². The van der Waals surface area contributed by atoms with E-state index in [0.29, 0.717) is 31.0 Å². The second-order valence-corrected chi connectivity index (χ2v) is 21.2. The third-order valence-corrected chi connectivity index (χ3v) is 18.1. The van der Waals surface area contributed by atoms with E-state index in [1.165, 1.54) is 42.4 Å². The largest absolute Gasteiger partial charge is 0.504 e. The average Bonchev–Trinajstić information content (AvgIpc) is 4.21. The Labute approximate surface area is 370 Å². The van der Waals surface area contributed by atoms with Gasteiger partial charge in [0.25, 0.3) is 0 Å². The topological polar surface area (TPSA) is 162 Å². The van der Waals surface area contributed by atoms with Gasteiger partial charge in [0.2, 0.25) is 0 Å². The Hall–Kier alpha value is -3.46. The van der Waals surface area contributed by atoms with Crippen LogP contribution in [-0.4, -0.2) is 145 Å². The summed E-state index contributed by atoms with van der Waals surface area (Å²) >= 11 is 0. The monoisotopic (exact) mass is 862 g/mol. The molecule has 10 atom stereocenters. The normalized spacial score (nSPS) is 37.7. The van der Waals surface area contributed by atoms with Crippen molar-refractivity contribution in [3.05, 3.63) is 82.4 Å². The number of likely N-dealkylation sites (tertiary alicyclic amines) is 2. The average molecular weight is 863 g/mol. The first kappa shape index (κ1) is 41.0. The van der Waals surface area contributed by atoms with Gasteiger partial charge >= 0.3 is 0 Å². The van der Waals surface area contributed by atoms with E-state index in [-0.39, 0.29) is 61.1 Å². The molecule has 338 valence electrons. The summed E-state index contributed by atoms with van der Waals surface area (Å²) in [4.78, 5) is 7.47. The summed E-state index contributed by atoms with van der Waals surface area (Å²) in [5.74, 6) is 3.13. The summed E-state index contributed by atoms with van der Waals surface area (Å²) in [5, 5.41) is 69.1. The lowest BCUT2D eigenvalue weighted by atomic mass is 9.48. The lowest BCUT2D eigenvalue weighted by Crippen LogP contribution is -2.78. The predicted octanol–water partition coefficient (Wildman–Crippen LogP) is 3.73. The lowest BCUT2D eigenvalue weighted by Gasteiger charge is -2.65. The molecule has 2 unspecified atom stereocenters. The van der Waals surface area contributed by atoms with Crippen molar-refractivity contribution in [3.63, 3.8) is 0 Å². The molecule has 13 rings (SSSR count). The Morgan fingerprint density at radius 2 is 1.21 bits per heavy atom. The van der Waals surface area contributed by atoms with Gasteiger partial charge in [-0.1, -0.05) is 42.5 Å². The highest BCUT2D eigenvalue weighted by atomic mass is 16.5. The van der Waals surface area contributed by atoms with Crippen LogP contribution in [0.15, 0.2) is 54.6 Å². The summed E-state index contributed by atoms with van der Waals surface area (Å²) in [5.41, 5.74) is 3.12. The summed E-state index contributed by atoms with van der Waals surface area (Å²) in [7, 11) is 0. The third-order valence-electron chi connectivity index (χ3n) is 18.1. The SMILES string of the molecule is OCCN(Cc1ccccc1)[C@H]1CC[C@]2(O)C3Cc4ccc(O)c5c4[C@]2(CCN3CC2CC2)[C@@H]1O5.OCCN[C@H]1CC[C@]2(O)C3Cc4ccc(O)c5c4[C@]2(CCN3CC2CC2)[C@@H]1O5. The molecule has 4 bridgehead atoms. The van der Waals surface area contributed by atoms with E-state index in [0.717, 1.165) is 101 Å².